The lowest BCUT2D eigenvalue weighted by Crippen LogP contribution is -2.41. The molecule has 188 valence electrons. The van der Waals surface area contributed by atoms with Gasteiger partial charge in [0.05, 0.1) is 0 Å². The topological polar surface area (TPSA) is 84.4 Å². The van der Waals surface area contributed by atoms with Crippen LogP contribution in [0.4, 0.5) is 10.6 Å². The fraction of sp³-hybridized carbons (Fsp3) is 0.448. The van der Waals surface area contributed by atoms with E-state index < -0.39 is 5.60 Å². The lowest BCUT2D eigenvalue weighted by molar-refractivity contribution is -0.117. The Morgan fingerprint density at radius 2 is 1.83 bits per heavy atom. The summed E-state index contributed by atoms with van der Waals surface area (Å²) in [5, 5.41) is 5.13. The molecule has 0 bridgehead atoms. The number of piperidine rings is 1. The highest BCUT2D eigenvalue weighted by atomic mass is 16.6. The molecule has 2 unspecified atom stereocenters. The summed E-state index contributed by atoms with van der Waals surface area (Å²) in [6.45, 7) is 9.19. The molecule has 3 heterocycles. The minimum Gasteiger partial charge on any atom is -0.444 e. The molecule has 2 atom stereocenters. The molecule has 2 aromatic heterocycles. The number of nitrogens with zero attached hydrogens (tertiary/aromatic N) is 3. The minimum atomic E-state index is -0.483. The number of ether oxygens (including phenoxy) is 1. The Bertz CT molecular complexity index is 1280. The number of pyridine rings is 2. The molecular weight excluding hydrogens is 452 g/mol. The van der Waals surface area contributed by atoms with Crippen molar-refractivity contribution in [2.45, 2.75) is 64.4 Å². The van der Waals surface area contributed by atoms with Crippen LogP contribution in [0.3, 0.4) is 0 Å². The lowest BCUT2D eigenvalue weighted by Gasteiger charge is -2.34. The zero-order valence-electron chi connectivity index (χ0n) is 21.5. The molecule has 36 heavy (non-hydrogen) atoms. The molecule has 0 radical (unpaired) electrons. The summed E-state index contributed by atoms with van der Waals surface area (Å²) in [5.74, 6) is 1.09. The number of nitrogens with one attached hydrogen (secondary N) is 1. The van der Waals surface area contributed by atoms with E-state index >= 15 is 0 Å². The van der Waals surface area contributed by atoms with Crippen LogP contribution in [0.25, 0.3) is 10.8 Å². The van der Waals surface area contributed by atoms with Crippen molar-refractivity contribution in [2.75, 3.05) is 18.4 Å². The van der Waals surface area contributed by atoms with Gasteiger partial charge in [0.25, 0.3) is 0 Å². The van der Waals surface area contributed by atoms with E-state index in [2.05, 4.69) is 34.3 Å². The molecule has 3 aromatic rings. The van der Waals surface area contributed by atoms with Gasteiger partial charge in [-0.3, -0.25) is 9.78 Å². The Balaban J connectivity index is 1.26. The lowest BCUT2D eigenvalue weighted by atomic mass is 9.85. The number of anilines is 1. The molecular formula is C29H34N4O3. The van der Waals surface area contributed by atoms with E-state index in [0.717, 1.165) is 35.7 Å². The Morgan fingerprint density at radius 1 is 1.06 bits per heavy atom. The van der Waals surface area contributed by atoms with Gasteiger partial charge in [0.1, 0.15) is 11.4 Å². The van der Waals surface area contributed by atoms with Gasteiger partial charge in [-0.15, -0.1) is 0 Å². The third-order valence-corrected chi connectivity index (χ3v) is 7.14. The fourth-order valence-corrected chi connectivity index (χ4v) is 5.16. The number of rotatable bonds is 4. The average molecular weight is 487 g/mol. The molecule has 5 rings (SSSR count). The van der Waals surface area contributed by atoms with Crippen molar-refractivity contribution in [1.29, 1.82) is 0 Å². The monoisotopic (exact) mass is 486 g/mol. The van der Waals surface area contributed by atoms with Crippen molar-refractivity contribution >= 4 is 28.6 Å². The molecule has 2 amide bonds. The Morgan fingerprint density at radius 3 is 2.53 bits per heavy atom. The number of aromatic nitrogens is 2. The quantitative estimate of drug-likeness (QED) is 0.504. The molecule has 1 aliphatic carbocycles. The second kappa shape index (κ2) is 9.52. The van der Waals surface area contributed by atoms with Gasteiger partial charge in [-0.2, -0.15) is 0 Å². The van der Waals surface area contributed by atoms with Crippen LogP contribution in [-0.4, -0.2) is 45.6 Å². The van der Waals surface area contributed by atoms with Crippen LogP contribution in [0, 0.1) is 12.8 Å². The predicted octanol–water partition coefficient (Wildman–Crippen LogP) is 5.79. The van der Waals surface area contributed by atoms with Crippen LogP contribution in [0.1, 0.15) is 68.7 Å². The van der Waals surface area contributed by atoms with Crippen LogP contribution in [-0.2, 0) is 9.53 Å². The highest BCUT2D eigenvalue weighted by molar-refractivity contribution is 5.96. The fourth-order valence-electron chi connectivity index (χ4n) is 5.16. The summed E-state index contributed by atoms with van der Waals surface area (Å²) < 4.78 is 5.54. The maximum absolute atomic E-state index is 12.8. The molecule has 2 fully saturated rings. The van der Waals surface area contributed by atoms with Crippen LogP contribution >= 0.6 is 0 Å². The summed E-state index contributed by atoms with van der Waals surface area (Å²) in [7, 11) is 0. The third-order valence-electron chi connectivity index (χ3n) is 7.14. The standard InChI is InChI=1S/C29H34N4O3/c1-18-13-21-17-31-26(32-27(34)24-16-23(24)25-7-5-6-10-30-25)15-20(21)14-22(18)19-8-11-33(12-9-19)28(35)36-29(2,3)4/h5-7,10,13-15,17,19,23-24H,8-9,11-12,16H2,1-4H3,(H,31,32,34). The van der Waals surface area contributed by atoms with Gasteiger partial charge in [-0.1, -0.05) is 12.1 Å². The van der Waals surface area contributed by atoms with Crippen molar-refractivity contribution < 1.29 is 14.3 Å². The van der Waals surface area contributed by atoms with Gasteiger partial charge in [-0.05, 0) is 93.7 Å². The summed E-state index contributed by atoms with van der Waals surface area (Å²) in [6.07, 6.45) is 5.99. The highest BCUT2D eigenvalue weighted by Gasteiger charge is 2.45. The molecule has 1 aliphatic heterocycles. The maximum Gasteiger partial charge on any atom is 0.410 e. The molecule has 2 aliphatic rings. The SMILES string of the molecule is Cc1cc2cnc(NC(=O)C3CC3c3ccccn3)cc2cc1C1CCN(C(=O)OC(C)(C)C)CC1. The number of carbonyl (C=O) groups excluding carboxylic acids is 2. The smallest absolute Gasteiger partial charge is 0.410 e. The molecule has 7 heteroatoms. The van der Waals surface area contributed by atoms with Crippen molar-refractivity contribution in [3.05, 3.63) is 65.6 Å². The zero-order chi connectivity index (χ0) is 25.4. The van der Waals surface area contributed by atoms with Crippen molar-refractivity contribution in [1.82, 2.24) is 14.9 Å². The second-order valence-corrected chi connectivity index (χ2v) is 11.1. The average Bonchev–Trinajstić information content (AvgIpc) is 3.65. The molecule has 7 nitrogen and oxygen atoms in total. The number of amides is 2. The third kappa shape index (κ3) is 5.35. The van der Waals surface area contributed by atoms with Crippen LogP contribution in [0.2, 0.25) is 0 Å². The minimum absolute atomic E-state index is 0.000599. The number of benzene rings is 1. The van der Waals surface area contributed by atoms with Gasteiger partial charge in [0, 0.05) is 48.4 Å². The first-order valence-electron chi connectivity index (χ1n) is 12.8. The summed E-state index contributed by atoms with van der Waals surface area (Å²) in [5.41, 5.74) is 3.02. The highest BCUT2D eigenvalue weighted by Crippen LogP contribution is 2.47. The van der Waals surface area contributed by atoms with E-state index in [9.17, 15) is 9.59 Å². The molecule has 0 spiro atoms. The van der Waals surface area contributed by atoms with E-state index in [4.69, 9.17) is 4.74 Å². The van der Waals surface area contributed by atoms with Crippen LogP contribution < -0.4 is 5.32 Å². The summed E-state index contributed by atoms with van der Waals surface area (Å²) in [6, 6.07) is 12.2. The van der Waals surface area contributed by atoms with Gasteiger partial charge in [0.15, 0.2) is 0 Å². The molecule has 1 saturated carbocycles. The Kier molecular flexibility index (Phi) is 6.41. The van der Waals surface area contributed by atoms with E-state index in [1.807, 2.05) is 56.1 Å². The number of hydrogen-bond acceptors (Lipinski definition) is 5. The first kappa shape index (κ1) is 24.2. The largest absolute Gasteiger partial charge is 0.444 e. The van der Waals surface area contributed by atoms with Crippen LogP contribution in [0.15, 0.2) is 48.8 Å². The zero-order valence-corrected chi connectivity index (χ0v) is 21.5. The van der Waals surface area contributed by atoms with Gasteiger partial charge in [0.2, 0.25) is 5.91 Å². The van der Waals surface area contributed by atoms with E-state index in [1.54, 1.807) is 6.20 Å². The Hall–Kier alpha value is -3.48. The predicted molar refractivity (Wildman–Crippen MR) is 140 cm³/mol. The number of likely N-dealkylation sites (tertiary alicyclic amines) is 1. The van der Waals surface area contributed by atoms with Gasteiger partial charge in [-0.25, -0.2) is 9.78 Å². The van der Waals surface area contributed by atoms with Gasteiger partial charge >= 0.3 is 6.09 Å². The van der Waals surface area contributed by atoms with Crippen molar-refractivity contribution in [3.8, 4) is 0 Å². The normalized spacial score (nSPS) is 20.3. The number of aryl methyl sites for hydroxylation is 1. The first-order chi connectivity index (χ1) is 17.2. The van der Waals surface area contributed by atoms with E-state index in [1.165, 1.54) is 11.1 Å². The first-order valence-corrected chi connectivity index (χ1v) is 12.8. The summed E-state index contributed by atoms with van der Waals surface area (Å²) >= 11 is 0. The number of hydrogen-bond donors (Lipinski definition) is 1. The van der Waals surface area contributed by atoms with E-state index in [-0.39, 0.29) is 23.8 Å². The number of carbonyl (C=O) groups is 2. The number of fused-ring (bicyclic) bond motifs is 1. The molecule has 1 saturated heterocycles. The molecule has 1 N–H and O–H groups in total. The van der Waals surface area contributed by atoms with Crippen molar-refractivity contribution in [2.24, 2.45) is 5.92 Å². The Labute approximate surface area is 212 Å². The van der Waals surface area contributed by atoms with Gasteiger partial charge < -0.3 is 15.0 Å². The second-order valence-electron chi connectivity index (χ2n) is 11.1. The van der Waals surface area contributed by atoms with Crippen LogP contribution in [0.5, 0.6) is 0 Å². The van der Waals surface area contributed by atoms with E-state index in [0.29, 0.717) is 24.8 Å². The summed E-state index contributed by atoms with van der Waals surface area (Å²) in [4.78, 5) is 35.9. The van der Waals surface area contributed by atoms with Crippen molar-refractivity contribution in [3.63, 3.8) is 0 Å². The maximum atomic E-state index is 12.8. The molecule has 1 aromatic carbocycles.